The topological polar surface area (TPSA) is 33.1 Å². The SMILES string of the molecule is Brc1cccc(CN2CCC(n3c(C4CCNC4)nc4ccccc43)CC2)c1. The van der Waals surface area contributed by atoms with Crippen LogP contribution in [-0.4, -0.2) is 40.6 Å². The highest BCUT2D eigenvalue weighted by molar-refractivity contribution is 9.10. The van der Waals surface area contributed by atoms with Crippen molar-refractivity contribution >= 4 is 27.0 Å². The molecule has 0 amide bonds. The first-order chi connectivity index (χ1) is 13.8. The molecule has 1 unspecified atom stereocenters. The zero-order valence-corrected chi connectivity index (χ0v) is 17.7. The number of hydrogen-bond donors (Lipinski definition) is 1. The molecule has 1 aromatic heterocycles. The molecule has 0 bridgehead atoms. The summed E-state index contributed by atoms with van der Waals surface area (Å²) in [4.78, 5) is 7.66. The maximum Gasteiger partial charge on any atom is 0.114 e. The number of piperidine rings is 1. The molecule has 28 heavy (non-hydrogen) atoms. The maximum absolute atomic E-state index is 5.07. The Morgan fingerprint density at radius 2 is 1.89 bits per heavy atom. The van der Waals surface area contributed by atoms with E-state index in [1.807, 2.05) is 0 Å². The lowest BCUT2D eigenvalue weighted by Gasteiger charge is -2.34. The quantitative estimate of drug-likeness (QED) is 0.639. The number of para-hydroxylation sites is 2. The lowest BCUT2D eigenvalue weighted by atomic mass is 10.0. The van der Waals surface area contributed by atoms with Crippen molar-refractivity contribution in [3.8, 4) is 0 Å². The van der Waals surface area contributed by atoms with Crippen LogP contribution in [0.25, 0.3) is 11.0 Å². The Hall–Kier alpha value is -1.69. The van der Waals surface area contributed by atoms with Crippen LogP contribution in [0.3, 0.4) is 0 Å². The van der Waals surface area contributed by atoms with Crippen LogP contribution in [0, 0.1) is 0 Å². The third-order valence-corrected chi connectivity index (χ3v) is 6.76. The molecule has 4 nitrogen and oxygen atoms in total. The van der Waals surface area contributed by atoms with E-state index in [1.165, 1.54) is 40.6 Å². The van der Waals surface area contributed by atoms with Crippen LogP contribution in [-0.2, 0) is 6.54 Å². The second kappa shape index (κ2) is 7.97. The lowest BCUT2D eigenvalue weighted by Crippen LogP contribution is -2.34. The number of halogens is 1. The average molecular weight is 439 g/mol. The molecule has 1 atom stereocenters. The Labute approximate surface area is 175 Å². The minimum atomic E-state index is 0.548. The molecule has 3 aromatic rings. The van der Waals surface area contributed by atoms with E-state index in [1.54, 1.807) is 0 Å². The summed E-state index contributed by atoms with van der Waals surface area (Å²) in [6, 6.07) is 17.9. The van der Waals surface area contributed by atoms with Crippen molar-refractivity contribution in [1.82, 2.24) is 19.8 Å². The van der Waals surface area contributed by atoms with E-state index in [2.05, 4.69) is 79.2 Å². The zero-order valence-electron chi connectivity index (χ0n) is 16.1. The number of hydrogen-bond acceptors (Lipinski definition) is 3. The standard InChI is InChI=1S/C23H27BrN4/c24-19-5-3-4-17(14-19)16-27-12-9-20(10-13-27)28-22-7-2-1-6-21(22)26-23(28)18-8-11-25-15-18/h1-7,14,18,20,25H,8-13,15-16H2. The normalized spacial score (nSPS) is 21.5. The molecule has 5 rings (SSSR count). The molecule has 2 aliphatic rings. The average Bonchev–Trinajstić information content (AvgIpc) is 3.36. The predicted octanol–water partition coefficient (Wildman–Crippen LogP) is 4.71. The second-order valence-corrected chi connectivity index (χ2v) is 9.07. The van der Waals surface area contributed by atoms with Gasteiger partial charge in [0, 0.05) is 42.6 Å². The Morgan fingerprint density at radius 3 is 2.68 bits per heavy atom. The third kappa shape index (κ3) is 3.63. The van der Waals surface area contributed by atoms with E-state index in [0.717, 1.165) is 38.2 Å². The number of fused-ring (bicyclic) bond motifs is 1. The highest BCUT2D eigenvalue weighted by atomic mass is 79.9. The second-order valence-electron chi connectivity index (χ2n) is 8.16. The minimum absolute atomic E-state index is 0.548. The summed E-state index contributed by atoms with van der Waals surface area (Å²) < 4.78 is 3.75. The number of nitrogens with one attached hydrogen (secondary N) is 1. The molecule has 5 heteroatoms. The van der Waals surface area contributed by atoms with Crippen LogP contribution in [0.15, 0.2) is 53.0 Å². The van der Waals surface area contributed by atoms with E-state index in [0.29, 0.717) is 12.0 Å². The Bertz CT molecular complexity index is 952. The van der Waals surface area contributed by atoms with Crippen molar-refractivity contribution in [2.45, 2.75) is 37.8 Å². The largest absolute Gasteiger partial charge is 0.324 e. The van der Waals surface area contributed by atoms with Gasteiger partial charge in [0.05, 0.1) is 11.0 Å². The fraction of sp³-hybridized carbons (Fsp3) is 0.435. The first kappa shape index (κ1) is 18.3. The van der Waals surface area contributed by atoms with Crippen LogP contribution in [0.4, 0.5) is 0 Å². The van der Waals surface area contributed by atoms with Gasteiger partial charge in [-0.1, -0.05) is 40.2 Å². The van der Waals surface area contributed by atoms with Gasteiger partial charge < -0.3 is 9.88 Å². The summed E-state index contributed by atoms with van der Waals surface area (Å²) in [5.41, 5.74) is 3.86. The fourth-order valence-electron chi connectivity index (χ4n) is 4.84. The van der Waals surface area contributed by atoms with Gasteiger partial charge in [0.2, 0.25) is 0 Å². The van der Waals surface area contributed by atoms with Crippen LogP contribution < -0.4 is 5.32 Å². The summed E-state index contributed by atoms with van der Waals surface area (Å²) >= 11 is 3.59. The molecule has 2 fully saturated rings. The van der Waals surface area contributed by atoms with Crippen molar-refractivity contribution in [3.63, 3.8) is 0 Å². The van der Waals surface area contributed by atoms with Crippen molar-refractivity contribution in [2.75, 3.05) is 26.2 Å². The van der Waals surface area contributed by atoms with Crippen LogP contribution in [0.2, 0.25) is 0 Å². The molecule has 146 valence electrons. The van der Waals surface area contributed by atoms with E-state index in [4.69, 9.17) is 4.98 Å². The minimum Gasteiger partial charge on any atom is -0.324 e. The highest BCUT2D eigenvalue weighted by Crippen LogP contribution is 2.34. The Balaban J connectivity index is 1.36. The van der Waals surface area contributed by atoms with Crippen LogP contribution >= 0.6 is 15.9 Å². The van der Waals surface area contributed by atoms with Gasteiger partial charge in [0.25, 0.3) is 0 Å². The number of imidazole rings is 1. The summed E-state index contributed by atoms with van der Waals surface area (Å²) in [6.45, 7) is 5.50. The monoisotopic (exact) mass is 438 g/mol. The molecule has 3 heterocycles. The summed E-state index contributed by atoms with van der Waals surface area (Å²) in [7, 11) is 0. The van der Waals surface area contributed by atoms with Gasteiger partial charge in [-0.25, -0.2) is 4.98 Å². The molecule has 2 aliphatic heterocycles. The first-order valence-electron chi connectivity index (χ1n) is 10.4. The number of likely N-dealkylation sites (tertiary alicyclic amines) is 1. The maximum atomic E-state index is 5.07. The van der Waals surface area contributed by atoms with Gasteiger partial charge >= 0.3 is 0 Å². The molecule has 1 N–H and O–H groups in total. The molecular weight excluding hydrogens is 412 g/mol. The zero-order chi connectivity index (χ0) is 18.9. The van der Waals surface area contributed by atoms with E-state index in [9.17, 15) is 0 Å². The third-order valence-electron chi connectivity index (χ3n) is 6.27. The van der Waals surface area contributed by atoms with E-state index in [-0.39, 0.29) is 0 Å². The van der Waals surface area contributed by atoms with E-state index >= 15 is 0 Å². The summed E-state index contributed by atoms with van der Waals surface area (Å²) in [6.07, 6.45) is 3.59. The van der Waals surface area contributed by atoms with Gasteiger partial charge in [0.1, 0.15) is 5.82 Å². The van der Waals surface area contributed by atoms with Gasteiger partial charge in [0.15, 0.2) is 0 Å². The lowest BCUT2D eigenvalue weighted by molar-refractivity contribution is 0.179. The van der Waals surface area contributed by atoms with Crippen molar-refractivity contribution < 1.29 is 0 Å². The highest BCUT2D eigenvalue weighted by Gasteiger charge is 2.29. The van der Waals surface area contributed by atoms with E-state index < -0.39 is 0 Å². The smallest absolute Gasteiger partial charge is 0.114 e. The first-order valence-corrected chi connectivity index (χ1v) is 11.2. The molecule has 0 radical (unpaired) electrons. The predicted molar refractivity (Wildman–Crippen MR) is 118 cm³/mol. The van der Waals surface area contributed by atoms with Crippen molar-refractivity contribution in [3.05, 3.63) is 64.4 Å². The van der Waals surface area contributed by atoms with Crippen molar-refractivity contribution in [1.29, 1.82) is 0 Å². The molecule has 0 saturated carbocycles. The molecule has 2 saturated heterocycles. The fourth-order valence-corrected chi connectivity index (χ4v) is 5.29. The Morgan fingerprint density at radius 1 is 1.04 bits per heavy atom. The summed E-state index contributed by atoms with van der Waals surface area (Å²) in [5, 5.41) is 3.52. The molecular formula is C23H27BrN4. The summed E-state index contributed by atoms with van der Waals surface area (Å²) in [5.74, 6) is 1.85. The van der Waals surface area contributed by atoms with Crippen LogP contribution in [0.1, 0.15) is 42.6 Å². The number of rotatable bonds is 4. The Kier molecular flexibility index (Phi) is 5.22. The molecule has 0 aliphatic carbocycles. The van der Waals surface area contributed by atoms with Crippen LogP contribution in [0.5, 0.6) is 0 Å². The van der Waals surface area contributed by atoms with Gasteiger partial charge in [-0.15, -0.1) is 0 Å². The van der Waals surface area contributed by atoms with Crippen molar-refractivity contribution in [2.24, 2.45) is 0 Å². The van der Waals surface area contributed by atoms with Gasteiger partial charge in [-0.3, -0.25) is 4.90 Å². The van der Waals surface area contributed by atoms with Gasteiger partial charge in [-0.05, 0) is 55.6 Å². The number of benzene rings is 2. The molecule has 0 spiro atoms. The number of aromatic nitrogens is 2. The van der Waals surface area contributed by atoms with Gasteiger partial charge in [-0.2, -0.15) is 0 Å². The molecule has 2 aromatic carbocycles. The number of nitrogens with zero attached hydrogens (tertiary/aromatic N) is 3.